The van der Waals surface area contributed by atoms with Gasteiger partial charge in [0.25, 0.3) is 5.91 Å². The third-order valence-corrected chi connectivity index (χ3v) is 3.04. The number of esters is 1. The van der Waals surface area contributed by atoms with Crippen LogP contribution < -0.4 is 10.1 Å². The lowest BCUT2D eigenvalue weighted by atomic mass is 10.0. The van der Waals surface area contributed by atoms with Crippen molar-refractivity contribution < 1.29 is 19.1 Å². The molecule has 0 fully saturated rings. The van der Waals surface area contributed by atoms with Crippen molar-refractivity contribution >= 4 is 23.5 Å². The van der Waals surface area contributed by atoms with E-state index in [1.807, 2.05) is 13.8 Å². The molecule has 0 aromatic heterocycles. The van der Waals surface area contributed by atoms with Crippen LogP contribution in [-0.2, 0) is 14.3 Å². The maximum absolute atomic E-state index is 11.9. The molecule has 1 atom stereocenters. The van der Waals surface area contributed by atoms with E-state index in [2.05, 4.69) is 10.1 Å². The maximum atomic E-state index is 11.9. The smallest absolute Gasteiger partial charge is 0.328 e. The van der Waals surface area contributed by atoms with Crippen LogP contribution in [-0.4, -0.2) is 31.6 Å². The number of hydrogen-bond donors (Lipinski definition) is 1. The zero-order valence-corrected chi connectivity index (χ0v) is 13.1. The van der Waals surface area contributed by atoms with E-state index in [1.165, 1.54) is 7.11 Å². The first-order valence-corrected chi connectivity index (χ1v) is 7.06. The topological polar surface area (TPSA) is 64.6 Å². The van der Waals surface area contributed by atoms with Crippen molar-refractivity contribution in [2.24, 2.45) is 5.92 Å². The van der Waals surface area contributed by atoms with E-state index in [-0.39, 0.29) is 12.5 Å². The standard InChI is InChI=1S/C15H20ClNO4/c1-10(2)8-12(15(19)20-3)17-14(18)9-21-13-7-5-4-6-11(13)16/h4-7,10,12H,8-9H2,1-3H3,(H,17,18)/t12-/m0/s1. The number of amides is 1. The van der Waals surface area contributed by atoms with Gasteiger partial charge in [-0.2, -0.15) is 0 Å². The number of para-hydroxylation sites is 1. The molecule has 116 valence electrons. The van der Waals surface area contributed by atoms with Crippen LogP contribution >= 0.6 is 11.6 Å². The number of benzene rings is 1. The molecule has 1 amide bonds. The molecule has 0 aliphatic rings. The van der Waals surface area contributed by atoms with Gasteiger partial charge in [0.2, 0.25) is 0 Å². The average Bonchev–Trinajstić information content (AvgIpc) is 2.44. The predicted molar refractivity (Wildman–Crippen MR) is 80.3 cm³/mol. The lowest BCUT2D eigenvalue weighted by molar-refractivity contribution is -0.145. The normalized spacial score (nSPS) is 11.9. The van der Waals surface area contributed by atoms with Crippen LogP contribution in [0.1, 0.15) is 20.3 Å². The summed E-state index contributed by atoms with van der Waals surface area (Å²) in [6, 6.07) is 6.20. The van der Waals surface area contributed by atoms with Crippen LogP contribution in [0.15, 0.2) is 24.3 Å². The molecule has 1 rings (SSSR count). The fourth-order valence-electron chi connectivity index (χ4n) is 1.77. The fraction of sp³-hybridized carbons (Fsp3) is 0.467. The Hall–Kier alpha value is -1.75. The lowest BCUT2D eigenvalue weighted by Gasteiger charge is -2.18. The van der Waals surface area contributed by atoms with Gasteiger partial charge in [-0.05, 0) is 24.5 Å². The summed E-state index contributed by atoms with van der Waals surface area (Å²) in [6.45, 7) is 3.71. The largest absolute Gasteiger partial charge is 0.482 e. The minimum atomic E-state index is -0.669. The predicted octanol–water partition coefficient (Wildman–Crippen LogP) is 2.42. The molecule has 5 nitrogen and oxygen atoms in total. The zero-order valence-electron chi connectivity index (χ0n) is 12.4. The number of nitrogens with one attached hydrogen (secondary N) is 1. The molecule has 0 saturated heterocycles. The van der Waals surface area contributed by atoms with Gasteiger partial charge in [-0.1, -0.05) is 37.6 Å². The van der Waals surface area contributed by atoms with Crippen molar-refractivity contribution in [3.8, 4) is 5.75 Å². The Balaban J connectivity index is 2.54. The molecule has 0 spiro atoms. The first-order valence-electron chi connectivity index (χ1n) is 6.68. The molecule has 0 bridgehead atoms. The number of methoxy groups -OCH3 is 1. The third kappa shape index (κ3) is 6.04. The van der Waals surface area contributed by atoms with Crippen LogP contribution in [0.5, 0.6) is 5.75 Å². The molecule has 1 aromatic carbocycles. The molecule has 0 radical (unpaired) electrons. The minimum Gasteiger partial charge on any atom is -0.482 e. The molecule has 0 heterocycles. The van der Waals surface area contributed by atoms with E-state index in [1.54, 1.807) is 24.3 Å². The summed E-state index contributed by atoms with van der Waals surface area (Å²) in [6.07, 6.45) is 0.504. The van der Waals surface area contributed by atoms with Gasteiger partial charge in [0.1, 0.15) is 11.8 Å². The average molecular weight is 314 g/mol. The van der Waals surface area contributed by atoms with Crippen LogP contribution in [0.25, 0.3) is 0 Å². The number of carbonyl (C=O) groups is 2. The number of rotatable bonds is 7. The summed E-state index contributed by atoms with van der Waals surface area (Å²) in [5, 5.41) is 3.03. The van der Waals surface area contributed by atoms with Crippen molar-refractivity contribution in [1.82, 2.24) is 5.32 Å². The number of hydrogen-bond acceptors (Lipinski definition) is 4. The highest BCUT2D eigenvalue weighted by molar-refractivity contribution is 6.32. The van der Waals surface area contributed by atoms with Gasteiger partial charge in [0.05, 0.1) is 12.1 Å². The van der Waals surface area contributed by atoms with Crippen molar-refractivity contribution in [3.63, 3.8) is 0 Å². The van der Waals surface area contributed by atoms with Gasteiger partial charge in [0.15, 0.2) is 6.61 Å². The number of carbonyl (C=O) groups excluding carboxylic acids is 2. The van der Waals surface area contributed by atoms with E-state index in [0.717, 1.165) is 0 Å². The Morgan fingerprint density at radius 3 is 2.52 bits per heavy atom. The highest BCUT2D eigenvalue weighted by atomic mass is 35.5. The summed E-state index contributed by atoms with van der Waals surface area (Å²) in [7, 11) is 1.29. The van der Waals surface area contributed by atoms with E-state index < -0.39 is 17.9 Å². The fourth-order valence-corrected chi connectivity index (χ4v) is 1.96. The van der Waals surface area contributed by atoms with Crippen LogP contribution in [0, 0.1) is 5.92 Å². The quantitative estimate of drug-likeness (QED) is 0.785. The van der Waals surface area contributed by atoms with Crippen LogP contribution in [0.2, 0.25) is 5.02 Å². The van der Waals surface area contributed by atoms with Gasteiger partial charge >= 0.3 is 5.97 Å². The van der Waals surface area contributed by atoms with Crippen molar-refractivity contribution in [1.29, 1.82) is 0 Å². The molecule has 0 unspecified atom stereocenters. The molecule has 0 saturated carbocycles. The second-order valence-corrected chi connectivity index (χ2v) is 5.40. The second kappa shape index (κ2) is 8.52. The highest BCUT2D eigenvalue weighted by Crippen LogP contribution is 2.22. The molecule has 0 aliphatic carbocycles. The van der Waals surface area contributed by atoms with Crippen molar-refractivity contribution in [2.45, 2.75) is 26.3 Å². The van der Waals surface area contributed by atoms with Gasteiger partial charge < -0.3 is 14.8 Å². The Morgan fingerprint density at radius 1 is 1.29 bits per heavy atom. The summed E-state index contributed by atoms with van der Waals surface area (Å²) in [5.41, 5.74) is 0. The molecule has 6 heteroatoms. The van der Waals surface area contributed by atoms with Gasteiger partial charge in [-0.15, -0.1) is 0 Å². The first kappa shape index (κ1) is 17.3. The molecule has 0 aliphatic heterocycles. The summed E-state index contributed by atoms with van der Waals surface area (Å²) >= 11 is 5.92. The first-order chi connectivity index (χ1) is 9.93. The van der Waals surface area contributed by atoms with Gasteiger partial charge in [-0.3, -0.25) is 4.79 Å². The lowest BCUT2D eigenvalue weighted by Crippen LogP contribution is -2.44. The number of halogens is 1. The summed E-state index contributed by atoms with van der Waals surface area (Å²) in [4.78, 5) is 23.5. The molecular weight excluding hydrogens is 294 g/mol. The van der Waals surface area contributed by atoms with Crippen molar-refractivity contribution in [3.05, 3.63) is 29.3 Å². The molecule has 1 N–H and O–H groups in total. The summed E-state index contributed by atoms with van der Waals surface area (Å²) in [5.74, 6) is -0.188. The Bertz CT molecular complexity index is 490. The highest BCUT2D eigenvalue weighted by Gasteiger charge is 2.22. The van der Waals surface area contributed by atoms with E-state index >= 15 is 0 Å². The maximum Gasteiger partial charge on any atom is 0.328 e. The Labute approximate surface area is 129 Å². The second-order valence-electron chi connectivity index (χ2n) is 4.99. The monoisotopic (exact) mass is 313 g/mol. The van der Waals surface area contributed by atoms with Crippen molar-refractivity contribution in [2.75, 3.05) is 13.7 Å². The minimum absolute atomic E-state index is 0.213. The SMILES string of the molecule is COC(=O)[C@H](CC(C)C)NC(=O)COc1ccccc1Cl. The number of ether oxygens (including phenoxy) is 2. The van der Waals surface area contributed by atoms with Crippen LogP contribution in [0.4, 0.5) is 0 Å². The molecule has 21 heavy (non-hydrogen) atoms. The van der Waals surface area contributed by atoms with Crippen LogP contribution in [0.3, 0.4) is 0 Å². The Morgan fingerprint density at radius 2 is 1.95 bits per heavy atom. The molecule has 1 aromatic rings. The zero-order chi connectivity index (χ0) is 15.8. The molecular formula is C15H20ClNO4. The third-order valence-electron chi connectivity index (χ3n) is 2.72. The van der Waals surface area contributed by atoms with E-state index in [9.17, 15) is 9.59 Å². The van der Waals surface area contributed by atoms with Gasteiger partial charge in [-0.25, -0.2) is 4.79 Å². The summed E-state index contributed by atoms with van der Waals surface area (Å²) < 4.78 is 10.0. The van der Waals surface area contributed by atoms with Gasteiger partial charge in [0, 0.05) is 0 Å². The Kier molecular flexibility index (Phi) is 7.02. The van der Waals surface area contributed by atoms with E-state index in [4.69, 9.17) is 16.3 Å². The van der Waals surface area contributed by atoms with E-state index in [0.29, 0.717) is 17.2 Å².